The largest absolute Gasteiger partial charge is 0.445 e. The third kappa shape index (κ3) is 16.8. The van der Waals surface area contributed by atoms with Crippen LogP contribution in [0.25, 0.3) is 0 Å². The first kappa shape index (κ1) is 38.4. The molecule has 1 unspecified atom stereocenters. The van der Waals surface area contributed by atoms with Crippen molar-refractivity contribution in [3.63, 3.8) is 0 Å². The number of unbranched alkanes of at least 4 members (excludes halogenated alkanes) is 2. The average molecular weight is 619 g/mol. The van der Waals surface area contributed by atoms with Crippen molar-refractivity contribution in [3.8, 4) is 0 Å². The van der Waals surface area contributed by atoms with Gasteiger partial charge >= 0.3 is 6.09 Å². The minimum absolute atomic E-state index is 0.00116. The van der Waals surface area contributed by atoms with Crippen LogP contribution in [0.5, 0.6) is 0 Å². The molecular weight excluding hydrogens is 564 g/mol. The van der Waals surface area contributed by atoms with Gasteiger partial charge in [0.15, 0.2) is 0 Å². The van der Waals surface area contributed by atoms with Crippen molar-refractivity contribution in [2.45, 2.75) is 91.2 Å². The molecule has 5 N–H and O–H groups in total. The normalized spacial score (nSPS) is 11.3. The zero-order valence-corrected chi connectivity index (χ0v) is 26.9. The molecule has 0 spiro atoms. The summed E-state index contributed by atoms with van der Waals surface area (Å²) in [6.07, 6.45) is 4.37. The molecule has 0 saturated carbocycles. The predicted octanol–water partition coefficient (Wildman–Crippen LogP) is 2.70. The van der Waals surface area contributed by atoms with E-state index in [2.05, 4.69) is 22.9 Å². The Morgan fingerprint density at radius 3 is 2.11 bits per heavy atom. The van der Waals surface area contributed by atoms with E-state index < -0.39 is 12.1 Å². The second-order valence-electron chi connectivity index (χ2n) is 10.7. The first-order valence-electron chi connectivity index (χ1n) is 16.0. The minimum atomic E-state index is -0.719. The van der Waals surface area contributed by atoms with Gasteiger partial charge in [-0.2, -0.15) is 0 Å². The maximum absolute atomic E-state index is 13.5. The highest BCUT2D eigenvalue weighted by Gasteiger charge is 2.25. The van der Waals surface area contributed by atoms with Gasteiger partial charge in [-0.25, -0.2) is 4.79 Å². The topological polar surface area (TPSA) is 163 Å². The first-order valence-corrected chi connectivity index (χ1v) is 16.0. The highest BCUT2D eigenvalue weighted by atomic mass is 16.5. The van der Waals surface area contributed by atoms with Gasteiger partial charge in [0.25, 0.3) is 0 Å². The standard InChI is InChI=1S/C32H54N6O6/c1-4-7-9-15-27(36-29(40)17-16-28(39)34-19-23-37(22-18-33)30(41)12-5-2)31(42)38(21-6-3)24-20-35-32(43)44-25-26-13-10-8-11-14-26/h8,10-11,13-14,27H,4-7,9,12,15-25,33H2,1-3H3,(H,34,39)(H,35,43)(H,36,40). The number of hydrogen-bond acceptors (Lipinski definition) is 7. The third-order valence-corrected chi connectivity index (χ3v) is 6.90. The van der Waals surface area contributed by atoms with Crippen LogP contribution in [-0.2, 0) is 30.5 Å². The fourth-order valence-corrected chi connectivity index (χ4v) is 4.55. The van der Waals surface area contributed by atoms with Crippen molar-refractivity contribution < 1.29 is 28.7 Å². The smallest absolute Gasteiger partial charge is 0.407 e. The van der Waals surface area contributed by atoms with Crippen molar-refractivity contribution in [2.75, 3.05) is 45.8 Å². The zero-order chi connectivity index (χ0) is 32.6. The van der Waals surface area contributed by atoms with E-state index in [1.807, 2.05) is 44.2 Å². The second kappa shape index (κ2) is 23.7. The lowest BCUT2D eigenvalue weighted by Gasteiger charge is -2.28. The van der Waals surface area contributed by atoms with E-state index >= 15 is 0 Å². The number of hydrogen-bond donors (Lipinski definition) is 4. The SMILES string of the molecule is CCCCCC(NC(=O)CCC(=O)NCCN(CCN)C(=O)CCC)C(=O)N(CCC)CCNC(=O)OCc1ccccc1. The molecule has 1 aromatic carbocycles. The van der Waals surface area contributed by atoms with Crippen molar-refractivity contribution in [1.82, 2.24) is 25.8 Å². The fourth-order valence-electron chi connectivity index (χ4n) is 4.55. The van der Waals surface area contributed by atoms with E-state index in [0.29, 0.717) is 45.4 Å². The molecule has 12 nitrogen and oxygen atoms in total. The van der Waals surface area contributed by atoms with Crippen LogP contribution in [0.3, 0.4) is 0 Å². The summed E-state index contributed by atoms with van der Waals surface area (Å²) in [6, 6.07) is 8.63. The Morgan fingerprint density at radius 2 is 1.45 bits per heavy atom. The van der Waals surface area contributed by atoms with Gasteiger partial charge in [-0.3, -0.25) is 19.2 Å². The van der Waals surface area contributed by atoms with Gasteiger partial charge in [-0.05, 0) is 24.8 Å². The highest BCUT2D eigenvalue weighted by Crippen LogP contribution is 2.09. The Hall–Kier alpha value is -3.67. The number of rotatable bonds is 23. The molecule has 0 bridgehead atoms. The number of nitrogens with one attached hydrogen (secondary N) is 3. The van der Waals surface area contributed by atoms with Crippen molar-refractivity contribution >= 4 is 29.7 Å². The quantitative estimate of drug-likeness (QED) is 0.137. The van der Waals surface area contributed by atoms with E-state index in [0.717, 1.165) is 31.2 Å². The van der Waals surface area contributed by atoms with Gasteiger partial charge in [-0.1, -0.05) is 70.4 Å². The van der Waals surface area contributed by atoms with Gasteiger partial charge in [0.2, 0.25) is 23.6 Å². The lowest BCUT2D eigenvalue weighted by atomic mass is 10.1. The molecule has 0 aliphatic heterocycles. The van der Waals surface area contributed by atoms with Crippen LogP contribution in [0.15, 0.2) is 30.3 Å². The summed E-state index contributed by atoms with van der Waals surface area (Å²) in [5.41, 5.74) is 6.48. The summed E-state index contributed by atoms with van der Waals surface area (Å²) in [5, 5.41) is 8.28. The number of ether oxygens (including phenoxy) is 1. The number of alkyl carbamates (subject to hydrolysis) is 1. The summed E-state index contributed by atoms with van der Waals surface area (Å²) in [4.78, 5) is 66.3. The summed E-state index contributed by atoms with van der Waals surface area (Å²) < 4.78 is 5.24. The van der Waals surface area contributed by atoms with Gasteiger partial charge in [0, 0.05) is 65.1 Å². The van der Waals surface area contributed by atoms with Gasteiger partial charge in [0.1, 0.15) is 12.6 Å². The molecule has 5 amide bonds. The van der Waals surface area contributed by atoms with Crippen molar-refractivity contribution in [1.29, 1.82) is 0 Å². The molecule has 1 rings (SSSR count). The average Bonchev–Trinajstić information content (AvgIpc) is 3.01. The van der Waals surface area contributed by atoms with Crippen LogP contribution in [0, 0.1) is 0 Å². The van der Waals surface area contributed by atoms with Crippen LogP contribution in [0.1, 0.15) is 84.1 Å². The number of amides is 5. The second-order valence-corrected chi connectivity index (χ2v) is 10.7. The molecule has 0 saturated heterocycles. The maximum Gasteiger partial charge on any atom is 0.407 e. The number of carbonyl (C=O) groups is 5. The fraction of sp³-hybridized carbons (Fsp3) is 0.656. The molecule has 0 fully saturated rings. The third-order valence-electron chi connectivity index (χ3n) is 6.90. The Kier molecular flexibility index (Phi) is 20.7. The molecule has 0 aromatic heterocycles. The molecule has 0 aliphatic carbocycles. The number of carbonyl (C=O) groups excluding carboxylic acids is 5. The van der Waals surface area contributed by atoms with E-state index in [-0.39, 0.29) is 62.7 Å². The van der Waals surface area contributed by atoms with Crippen LogP contribution >= 0.6 is 0 Å². The van der Waals surface area contributed by atoms with Crippen LogP contribution in [0.4, 0.5) is 4.79 Å². The molecule has 0 radical (unpaired) electrons. The molecule has 248 valence electrons. The molecule has 0 heterocycles. The van der Waals surface area contributed by atoms with Crippen molar-refractivity contribution in [3.05, 3.63) is 35.9 Å². The minimum Gasteiger partial charge on any atom is -0.445 e. The molecular formula is C32H54N6O6. The molecule has 1 atom stereocenters. The lowest BCUT2D eigenvalue weighted by Crippen LogP contribution is -2.50. The zero-order valence-electron chi connectivity index (χ0n) is 26.9. The van der Waals surface area contributed by atoms with Gasteiger partial charge in [-0.15, -0.1) is 0 Å². The Balaban J connectivity index is 2.60. The number of nitrogens with zero attached hydrogens (tertiary/aromatic N) is 2. The van der Waals surface area contributed by atoms with E-state index in [1.165, 1.54) is 0 Å². The monoisotopic (exact) mass is 618 g/mol. The lowest BCUT2D eigenvalue weighted by molar-refractivity contribution is -0.137. The molecule has 1 aromatic rings. The van der Waals surface area contributed by atoms with Crippen LogP contribution in [-0.4, -0.2) is 91.4 Å². The van der Waals surface area contributed by atoms with Crippen LogP contribution in [0.2, 0.25) is 0 Å². The summed E-state index contributed by atoms with van der Waals surface area (Å²) in [7, 11) is 0. The van der Waals surface area contributed by atoms with E-state index in [1.54, 1.807) is 9.80 Å². The maximum atomic E-state index is 13.5. The molecule has 12 heteroatoms. The first-order chi connectivity index (χ1) is 21.2. The molecule has 0 aliphatic rings. The van der Waals surface area contributed by atoms with Crippen LogP contribution < -0.4 is 21.7 Å². The summed E-state index contributed by atoms with van der Waals surface area (Å²) in [6.45, 7) is 8.46. The summed E-state index contributed by atoms with van der Waals surface area (Å²) >= 11 is 0. The van der Waals surface area contributed by atoms with Gasteiger partial charge in [0.05, 0.1) is 0 Å². The predicted molar refractivity (Wildman–Crippen MR) is 170 cm³/mol. The van der Waals surface area contributed by atoms with E-state index in [4.69, 9.17) is 10.5 Å². The highest BCUT2D eigenvalue weighted by molar-refractivity contribution is 5.89. The Labute approximate surface area is 262 Å². The van der Waals surface area contributed by atoms with Crippen molar-refractivity contribution in [2.24, 2.45) is 5.73 Å². The number of nitrogens with two attached hydrogens (primary N) is 1. The van der Waals surface area contributed by atoms with E-state index in [9.17, 15) is 24.0 Å². The van der Waals surface area contributed by atoms with Gasteiger partial charge < -0.3 is 36.2 Å². The summed E-state index contributed by atoms with van der Waals surface area (Å²) in [5.74, 6) is -0.891. The Morgan fingerprint density at radius 1 is 0.773 bits per heavy atom. The molecule has 44 heavy (non-hydrogen) atoms. The Bertz CT molecular complexity index is 993. The number of benzene rings is 1.